The van der Waals surface area contributed by atoms with Gasteiger partial charge in [-0.15, -0.1) is 0 Å². The number of hydrogen-bond donors (Lipinski definition) is 0. The number of nitriles is 6. The molecule has 1 aliphatic rings. The smallest absolute Gasteiger partial charge is 0.180 e. The van der Waals surface area contributed by atoms with Crippen LogP contribution < -0.4 is 0 Å². The Hall–Kier alpha value is -6.76. The Bertz CT molecular complexity index is 2210. The van der Waals surface area contributed by atoms with Crippen molar-refractivity contribution in [3.8, 4) is 36.4 Å². The van der Waals surface area contributed by atoms with Crippen LogP contribution in [0, 0.1) is 144 Å². The van der Waals surface area contributed by atoms with Gasteiger partial charge in [-0.3, -0.25) is 0 Å². The van der Waals surface area contributed by atoms with Crippen LogP contribution in [-0.2, 0) is 5.41 Å². The summed E-state index contributed by atoms with van der Waals surface area (Å²) in [5.41, 5.74) is -21.1. The van der Waals surface area contributed by atoms with Gasteiger partial charge in [-0.2, -0.15) is 31.6 Å². The van der Waals surface area contributed by atoms with E-state index >= 15 is 26.3 Å². The number of benzene rings is 3. The first-order valence-electron chi connectivity index (χ1n) is 12.5. The number of rotatable bonds is 4. The lowest BCUT2D eigenvalue weighted by atomic mass is 9.76. The monoisotopic (exact) mass is 688 g/mol. The van der Waals surface area contributed by atoms with Gasteiger partial charge in [0.05, 0.1) is 39.3 Å². The van der Waals surface area contributed by atoms with Crippen LogP contribution in [0.3, 0.4) is 0 Å². The first-order chi connectivity index (χ1) is 23.0. The molecule has 49 heavy (non-hydrogen) atoms. The van der Waals surface area contributed by atoms with E-state index in [-0.39, 0.29) is 0 Å². The van der Waals surface area contributed by atoms with Crippen LogP contribution in [0.25, 0.3) is 11.1 Å². The fourth-order valence-electron chi connectivity index (χ4n) is 5.21. The Morgan fingerprint density at radius 2 is 0.714 bits per heavy atom. The molecule has 1 aliphatic carbocycles. The SMILES string of the molecule is CC(C#N)(c1c(F)c(F)c(C#N)c(F)c1F)C1C(=C(\C#N)c2c(F)c(F)c(C#N)c(F)c2F)/C1=C(/C#N)c1c(F)c(F)c(C#N)c(F)c1F. The summed E-state index contributed by atoms with van der Waals surface area (Å²) in [4.78, 5) is 0. The predicted octanol–water partition coefficient (Wildman–Crippen LogP) is 7.34. The standard InChI is InChI=1S/C31H4F12N6/c1-31(7-49,18-29(42)23(36)12(6-48)24(37)30(18)43)17-13(8(2-44)15-25(38)19(32)10(4-46)20(33)26(15)39)14(17)9(3-45)16-27(40)21(34)11(5-47)22(35)28(16)41/h17H,1H3/b13-8+,14-9+. The minimum Gasteiger partial charge on any atom is -0.203 e. The van der Waals surface area contributed by atoms with E-state index in [1.54, 1.807) is 0 Å². The molecule has 0 bridgehead atoms. The van der Waals surface area contributed by atoms with Crippen LogP contribution in [-0.4, -0.2) is 0 Å². The first-order valence-corrected chi connectivity index (χ1v) is 12.5. The number of halogens is 12. The normalized spacial score (nSPS) is 16.6. The summed E-state index contributed by atoms with van der Waals surface area (Å²) in [5.74, 6) is -32.2. The van der Waals surface area contributed by atoms with E-state index in [4.69, 9.17) is 15.8 Å². The molecule has 1 saturated carbocycles. The minimum absolute atomic E-state index is 0.389. The average Bonchev–Trinajstić information content (AvgIpc) is 3.82. The van der Waals surface area contributed by atoms with Crippen molar-refractivity contribution < 1.29 is 52.7 Å². The number of allylic oxidation sites excluding steroid dienone is 4. The molecule has 1 atom stereocenters. The Kier molecular flexibility index (Phi) is 8.68. The topological polar surface area (TPSA) is 143 Å². The lowest BCUT2D eigenvalue weighted by Gasteiger charge is -2.23. The first kappa shape index (κ1) is 35.1. The van der Waals surface area contributed by atoms with Crippen LogP contribution >= 0.6 is 0 Å². The number of nitrogens with zero attached hydrogens (tertiary/aromatic N) is 6. The van der Waals surface area contributed by atoms with E-state index in [9.17, 15) is 42.1 Å². The molecule has 18 heteroatoms. The van der Waals surface area contributed by atoms with Crippen molar-refractivity contribution in [3.05, 3.63) is 114 Å². The fourth-order valence-corrected chi connectivity index (χ4v) is 5.21. The van der Waals surface area contributed by atoms with Gasteiger partial charge in [-0.1, -0.05) is 0 Å². The van der Waals surface area contributed by atoms with E-state index in [2.05, 4.69) is 0 Å². The zero-order valence-electron chi connectivity index (χ0n) is 23.3. The summed E-state index contributed by atoms with van der Waals surface area (Å²) >= 11 is 0. The van der Waals surface area contributed by atoms with Gasteiger partial charge in [0.2, 0.25) is 0 Å². The summed E-state index contributed by atoms with van der Waals surface area (Å²) in [5, 5.41) is 56.6. The van der Waals surface area contributed by atoms with Crippen LogP contribution in [0.4, 0.5) is 52.7 Å². The second-order valence-electron chi connectivity index (χ2n) is 9.90. The van der Waals surface area contributed by atoms with Gasteiger partial charge in [0.25, 0.3) is 0 Å². The molecule has 1 unspecified atom stereocenters. The van der Waals surface area contributed by atoms with Crippen molar-refractivity contribution in [2.75, 3.05) is 0 Å². The predicted molar refractivity (Wildman–Crippen MR) is 134 cm³/mol. The van der Waals surface area contributed by atoms with Gasteiger partial charge in [0, 0.05) is 5.92 Å². The Labute approximate surface area is 264 Å². The molecule has 0 saturated heterocycles. The average molecular weight is 688 g/mol. The van der Waals surface area contributed by atoms with Crippen molar-refractivity contribution in [1.82, 2.24) is 0 Å². The van der Waals surface area contributed by atoms with Crippen molar-refractivity contribution in [3.63, 3.8) is 0 Å². The highest BCUT2D eigenvalue weighted by Gasteiger charge is 2.59. The van der Waals surface area contributed by atoms with Crippen molar-refractivity contribution in [1.29, 1.82) is 31.6 Å². The van der Waals surface area contributed by atoms with E-state index in [0.717, 1.165) is 36.4 Å². The summed E-state index contributed by atoms with van der Waals surface area (Å²) < 4.78 is 179. The largest absolute Gasteiger partial charge is 0.203 e. The molecule has 0 radical (unpaired) electrons. The second-order valence-corrected chi connectivity index (χ2v) is 9.90. The third kappa shape index (κ3) is 4.70. The van der Waals surface area contributed by atoms with Gasteiger partial charge >= 0.3 is 0 Å². The lowest BCUT2D eigenvalue weighted by molar-refractivity contribution is 0.400. The molecule has 4 rings (SSSR count). The molecule has 1 fully saturated rings. The van der Waals surface area contributed by atoms with E-state index in [0.29, 0.717) is 6.92 Å². The van der Waals surface area contributed by atoms with Gasteiger partial charge in [0.15, 0.2) is 69.8 Å². The third-order valence-electron chi connectivity index (χ3n) is 7.50. The molecular formula is C31H4F12N6. The summed E-state index contributed by atoms with van der Waals surface area (Å²) in [6.07, 6.45) is 0. The highest BCUT2D eigenvalue weighted by atomic mass is 19.2. The molecule has 0 N–H and O–H groups in total. The number of hydrogen-bond acceptors (Lipinski definition) is 6. The Balaban J connectivity index is 2.32. The zero-order valence-corrected chi connectivity index (χ0v) is 23.3. The van der Waals surface area contributed by atoms with E-state index < -0.39 is 137 Å². The summed E-state index contributed by atoms with van der Waals surface area (Å²) in [7, 11) is 0. The van der Waals surface area contributed by atoms with Crippen LogP contribution in [0.5, 0.6) is 0 Å². The summed E-state index contributed by atoms with van der Waals surface area (Å²) in [6.45, 7) is 0.389. The highest BCUT2D eigenvalue weighted by molar-refractivity contribution is 5.98. The zero-order chi connectivity index (χ0) is 37.0. The summed E-state index contributed by atoms with van der Waals surface area (Å²) in [6, 6.07) is 5.52. The maximum absolute atomic E-state index is 15.3. The van der Waals surface area contributed by atoms with E-state index in [1.165, 1.54) is 0 Å². The Morgan fingerprint density at radius 1 is 0.449 bits per heavy atom. The molecule has 242 valence electrons. The van der Waals surface area contributed by atoms with Crippen LogP contribution in [0.1, 0.15) is 40.3 Å². The molecule has 0 heterocycles. The molecule has 3 aromatic rings. The molecule has 0 aliphatic heterocycles. The van der Waals surface area contributed by atoms with E-state index in [1.807, 2.05) is 0 Å². The molecule has 0 aromatic heterocycles. The minimum atomic E-state index is -3.31. The van der Waals surface area contributed by atoms with Gasteiger partial charge < -0.3 is 0 Å². The molecule has 0 spiro atoms. The van der Waals surface area contributed by atoms with Crippen LogP contribution in [0.2, 0.25) is 0 Å². The van der Waals surface area contributed by atoms with Gasteiger partial charge in [-0.05, 0) is 18.1 Å². The van der Waals surface area contributed by atoms with Crippen molar-refractivity contribution in [2.45, 2.75) is 12.3 Å². The van der Waals surface area contributed by atoms with Crippen LogP contribution in [0.15, 0.2) is 11.1 Å². The molecular weight excluding hydrogens is 684 g/mol. The lowest BCUT2D eigenvalue weighted by Crippen LogP contribution is -2.28. The van der Waals surface area contributed by atoms with Crippen molar-refractivity contribution in [2.24, 2.45) is 5.92 Å². The maximum atomic E-state index is 15.3. The quantitative estimate of drug-likeness (QED) is 0.160. The highest BCUT2D eigenvalue weighted by Crippen LogP contribution is 2.63. The fraction of sp³-hybridized carbons (Fsp3) is 0.0968. The molecule has 0 amide bonds. The van der Waals surface area contributed by atoms with Gasteiger partial charge in [-0.25, -0.2) is 52.7 Å². The van der Waals surface area contributed by atoms with Crippen molar-refractivity contribution >= 4 is 11.1 Å². The van der Waals surface area contributed by atoms with Gasteiger partial charge in [0.1, 0.15) is 47.0 Å². The third-order valence-corrected chi connectivity index (χ3v) is 7.50. The molecule has 6 nitrogen and oxygen atoms in total. The molecule has 3 aromatic carbocycles. The maximum Gasteiger partial charge on any atom is 0.180 e. The Morgan fingerprint density at radius 3 is 0.939 bits per heavy atom. The second kappa shape index (κ2) is 12.1.